The lowest BCUT2D eigenvalue weighted by Crippen LogP contribution is -2.19. The van der Waals surface area contributed by atoms with Crippen LogP contribution < -0.4 is 9.64 Å². The summed E-state index contributed by atoms with van der Waals surface area (Å²) in [5.74, 6) is -0.151. The molecule has 0 spiro atoms. The van der Waals surface area contributed by atoms with E-state index in [-0.39, 0.29) is 11.6 Å². The van der Waals surface area contributed by atoms with Crippen LogP contribution in [0.1, 0.15) is 11.3 Å². The first-order valence-corrected chi connectivity index (χ1v) is 8.66. The van der Waals surface area contributed by atoms with Crippen LogP contribution in [0.5, 0.6) is 5.75 Å². The standard InChI is InChI=1S/C20H17F4N3O/c1-26-19(15-4-2-3-5-18(15)28-12-20(22,23)24)16-10-27(11-17(16)25-26)14-8-6-13(21)7-9-14/h2-9H,10-12H2,1H3. The number of fused-ring (bicyclic) bond motifs is 1. The van der Waals surface area contributed by atoms with Gasteiger partial charge in [-0.25, -0.2) is 4.39 Å². The van der Waals surface area contributed by atoms with Gasteiger partial charge in [0.1, 0.15) is 11.6 Å². The van der Waals surface area contributed by atoms with Crippen LogP contribution in [-0.4, -0.2) is 22.6 Å². The third-order valence-corrected chi connectivity index (χ3v) is 4.64. The van der Waals surface area contributed by atoms with Crippen LogP contribution in [0.4, 0.5) is 23.2 Å². The average Bonchev–Trinajstić information content (AvgIpc) is 3.17. The number of hydrogen-bond donors (Lipinski definition) is 0. The summed E-state index contributed by atoms with van der Waals surface area (Å²) < 4.78 is 57.7. The second-order valence-electron chi connectivity index (χ2n) is 6.63. The van der Waals surface area contributed by atoms with Crippen molar-refractivity contribution in [1.29, 1.82) is 0 Å². The number of anilines is 1. The molecule has 1 aliphatic rings. The van der Waals surface area contributed by atoms with Crippen LogP contribution in [0.2, 0.25) is 0 Å². The summed E-state index contributed by atoms with van der Waals surface area (Å²) in [5, 5.41) is 4.53. The molecular formula is C20H17F4N3O. The Labute approximate surface area is 159 Å². The van der Waals surface area contributed by atoms with Crippen molar-refractivity contribution < 1.29 is 22.3 Å². The van der Waals surface area contributed by atoms with Gasteiger partial charge in [-0.3, -0.25) is 4.68 Å². The molecule has 146 valence electrons. The van der Waals surface area contributed by atoms with Gasteiger partial charge in [0.2, 0.25) is 0 Å². The molecule has 0 N–H and O–H groups in total. The number of hydrogen-bond acceptors (Lipinski definition) is 3. The molecule has 0 fully saturated rings. The Hall–Kier alpha value is -3.03. The van der Waals surface area contributed by atoms with E-state index in [1.165, 1.54) is 18.2 Å². The lowest BCUT2D eigenvalue weighted by Gasteiger charge is -2.19. The van der Waals surface area contributed by atoms with Gasteiger partial charge in [0.05, 0.1) is 17.9 Å². The van der Waals surface area contributed by atoms with E-state index < -0.39 is 12.8 Å². The monoisotopic (exact) mass is 391 g/mol. The van der Waals surface area contributed by atoms with Gasteiger partial charge in [-0.15, -0.1) is 0 Å². The second kappa shape index (κ2) is 6.85. The fraction of sp³-hybridized carbons (Fsp3) is 0.250. The van der Waals surface area contributed by atoms with Crippen molar-refractivity contribution in [2.45, 2.75) is 19.3 Å². The number of nitrogens with zero attached hydrogens (tertiary/aromatic N) is 3. The van der Waals surface area contributed by atoms with Crippen LogP contribution in [0, 0.1) is 5.82 Å². The number of halogens is 4. The first-order chi connectivity index (χ1) is 13.3. The van der Waals surface area contributed by atoms with Gasteiger partial charge in [0, 0.05) is 30.4 Å². The topological polar surface area (TPSA) is 30.3 Å². The molecule has 2 heterocycles. The first-order valence-electron chi connectivity index (χ1n) is 8.66. The molecule has 28 heavy (non-hydrogen) atoms. The van der Waals surface area contributed by atoms with Gasteiger partial charge >= 0.3 is 6.18 Å². The highest BCUT2D eigenvalue weighted by Gasteiger charge is 2.31. The van der Waals surface area contributed by atoms with Crippen molar-refractivity contribution in [3.8, 4) is 17.0 Å². The Bertz CT molecular complexity index is 996. The van der Waals surface area contributed by atoms with Crippen molar-refractivity contribution in [1.82, 2.24) is 9.78 Å². The molecular weight excluding hydrogens is 374 g/mol. The molecule has 0 unspecified atom stereocenters. The van der Waals surface area contributed by atoms with E-state index in [9.17, 15) is 17.6 Å². The smallest absolute Gasteiger partial charge is 0.422 e. The number of para-hydroxylation sites is 1. The largest absolute Gasteiger partial charge is 0.483 e. The number of alkyl halides is 3. The Morgan fingerprint density at radius 2 is 1.75 bits per heavy atom. The van der Waals surface area contributed by atoms with Crippen molar-refractivity contribution in [2.24, 2.45) is 7.05 Å². The third-order valence-electron chi connectivity index (χ3n) is 4.64. The summed E-state index contributed by atoms with van der Waals surface area (Å²) in [6.07, 6.45) is -4.42. The lowest BCUT2D eigenvalue weighted by molar-refractivity contribution is -0.153. The molecule has 0 saturated heterocycles. The highest BCUT2D eigenvalue weighted by atomic mass is 19.4. The lowest BCUT2D eigenvalue weighted by atomic mass is 10.1. The summed E-state index contributed by atoms with van der Waals surface area (Å²) in [4.78, 5) is 2.04. The van der Waals surface area contributed by atoms with E-state index >= 15 is 0 Å². The molecule has 0 bridgehead atoms. The number of aryl methyl sites for hydroxylation is 1. The zero-order chi connectivity index (χ0) is 19.9. The van der Waals surface area contributed by atoms with Crippen molar-refractivity contribution in [2.75, 3.05) is 11.5 Å². The normalized spacial score (nSPS) is 13.7. The minimum Gasteiger partial charge on any atom is -0.483 e. The molecule has 4 nitrogen and oxygen atoms in total. The SMILES string of the molecule is Cn1nc2c(c1-c1ccccc1OCC(F)(F)F)CN(c1ccc(F)cc1)C2. The van der Waals surface area contributed by atoms with E-state index in [4.69, 9.17) is 4.74 Å². The van der Waals surface area contributed by atoms with E-state index in [1.807, 2.05) is 4.90 Å². The Morgan fingerprint density at radius 3 is 2.46 bits per heavy atom. The minimum atomic E-state index is -4.42. The molecule has 4 rings (SSSR count). The van der Waals surface area contributed by atoms with Gasteiger partial charge < -0.3 is 9.64 Å². The molecule has 0 aliphatic carbocycles. The summed E-state index contributed by atoms with van der Waals surface area (Å²) in [7, 11) is 1.76. The Balaban J connectivity index is 1.67. The minimum absolute atomic E-state index is 0.158. The number of ether oxygens (including phenoxy) is 1. The molecule has 0 amide bonds. The molecule has 1 aromatic heterocycles. The second-order valence-corrected chi connectivity index (χ2v) is 6.63. The van der Waals surface area contributed by atoms with Crippen molar-refractivity contribution in [3.05, 3.63) is 65.6 Å². The average molecular weight is 391 g/mol. The molecule has 8 heteroatoms. The van der Waals surface area contributed by atoms with E-state index in [0.717, 1.165) is 22.6 Å². The molecule has 0 saturated carbocycles. The molecule has 3 aromatic rings. The fourth-order valence-electron chi connectivity index (χ4n) is 3.46. The number of aromatic nitrogens is 2. The van der Waals surface area contributed by atoms with Crippen molar-refractivity contribution in [3.63, 3.8) is 0 Å². The van der Waals surface area contributed by atoms with E-state index in [1.54, 1.807) is 42.1 Å². The number of benzene rings is 2. The summed E-state index contributed by atoms with van der Waals surface area (Å²) >= 11 is 0. The fourth-order valence-corrected chi connectivity index (χ4v) is 3.46. The highest BCUT2D eigenvalue weighted by molar-refractivity contribution is 5.73. The summed E-state index contributed by atoms with van der Waals surface area (Å²) in [6.45, 7) is -0.288. The van der Waals surface area contributed by atoms with Crippen LogP contribution in [0.3, 0.4) is 0 Å². The number of rotatable bonds is 4. The quantitative estimate of drug-likeness (QED) is 0.605. The van der Waals surface area contributed by atoms with Crippen LogP contribution in [0.15, 0.2) is 48.5 Å². The van der Waals surface area contributed by atoms with Gasteiger partial charge in [-0.05, 0) is 36.4 Å². The Kier molecular flexibility index (Phi) is 4.49. The zero-order valence-corrected chi connectivity index (χ0v) is 15.0. The predicted octanol–water partition coefficient (Wildman–Crippen LogP) is 4.69. The van der Waals surface area contributed by atoms with Crippen LogP contribution >= 0.6 is 0 Å². The molecule has 2 aromatic carbocycles. The predicted molar refractivity (Wildman–Crippen MR) is 96.5 cm³/mol. The molecule has 1 aliphatic heterocycles. The van der Waals surface area contributed by atoms with Gasteiger partial charge in [0.15, 0.2) is 6.61 Å². The van der Waals surface area contributed by atoms with E-state index in [2.05, 4.69) is 5.10 Å². The van der Waals surface area contributed by atoms with Gasteiger partial charge in [-0.1, -0.05) is 12.1 Å². The molecule has 0 radical (unpaired) electrons. The maximum atomic E-state index is 13.2. The van der Waals surface area contributed by atoms with Crippen molar-refractivity contribution >= 4 is 5.69 Å². The maximum absolute atomic E-state index is 13.2. The zero-order valence-electron chi connectivity index (χ0n) is 15.0. The van der Waals surface area contributed by atoms with Crippen LogP contribution in [-0.2, 0) is 20.1 Å². The van der Waals surface area contributed by atoms with E-state index in [0.29, 0.717) is 18.7 Å². The van der Waals surface area contributed by atoms with Gasteiger partial charge in [-0.2, -0.15) is 18.3 Å². The first kappa shape index (κ1) is 18.3. The third kappa shape index (κ3) is 3.54. The highest BCUT2D eigenvalue weighted by Crippen LogP contribution is 2.38. The maximum Gasteiger partial charge on any atom is 0.422 e. The van der Waals surface area contributed by atoms with Crippen LogP contribution in [0.25, 0.3) is 11.3 Å². The molecule has 0 atom stereocenters. The van der Waals surface area contributed by atoms with Gasteiger partial charge in [0.25, 0.3) is 0 Å². The summed E-state index contributed by atoms with van der Waals surface area (Å²) in [6, 6.07) is 12.8. The Morgan fingerprint density at radius 1 is 1.04 bits per heavy atom. The summed E-state index contributed by atoms with van der Waals surface area (Å²) in [5.41, 5.74) is 3.90.